The fourth-order valence-electron chi connectivity index (χ4n) is 1.33. The molecule has 0 bridgehead atoms. The van der Waals surface area contributed by atoms with E-state index in [0.717, 1.165) is 12.0 Å². The van der Waals surface area contributed by atoms with Gasteiger partial charge in [-0.2, -0.15) is 0 Å². The topological polar surface area (TPSA) is 73.1 Å². The molecule has 0 saturated carbocycles. The Hall–Kier alpha value is -1.36. The SMILES string of the molecule is CCCOc1ncnc(NN)c1C(C)C. The Morgan fingerprint density at radius 2 is 2.20 bits per heavy atom. The molecule has 0 fully saturated rings. The van der Waals surface area contributed by atoms with E-state index >= 15 is 0 Å². The highest BCUT2D eigenvalue weighted by atomic mass is 16.5. The van der Waals surface area contributed by atoms with Gasteiger partial charge >= 0.3 is 0 Å². The van der Waals surface area contributed by atoms with Crippen molar-refractivity contribution in [2.75, 3.05) is 12.0 Å². The van der Waals surface area contributed by atoms with E-state index in [1.54, 1.807) is 0 Å². The van der Waals surface area contributed by atoms with Crippen LogP contribution in [0, 0.1) is 0 Å². The summed E-state index contributed by atoms with van der Waals surface area (Å²) in [6.07, 6.45) is 2.40. The normalized spacial score (nSPS) is 10.5. The number of rotatable bonds is 5. The molecule has 5 nitrogen and oxygen atoms in total. The molecule has 1 aromatic rings. The van der Waals surface area contributed by atoms with Gasteiger partial charge < -0.3 is 10.2 Å². The van der Waals surface area contributed by atoms with Crippen LogP contribution in [0.4, 0.5) is 5.82 Å². The summed E-state index contributed by atoms with van der Waals surface area (Å²) in [5.41, 5.74) is 3.49. The van der Waals surface area contributed by atoms with Crippen LogP contribution in [-0.2, 0) is 0 Å². The number of anilines is 1. The van der Waals surface area contributed by atoms with Gasteiger partial charge in [0.05, 0.1) is 12.2 Å². The van der Waals surface area contributed by atoms with Gasteiger partial charge in [0.15, 0.2) is 5.82 Å². The Bertz CT molecular complexity index is 314. The average Bonchev–Trinajstić information content (AvgIpc) is 2.25. The zero-order valence-corrected chi connectivity index (χ0v) is 9.45. The standard InChI is InChI=1S/C10H18N4O/c1-4-5-15-10-8(7(2)3)9(14-11)12-6-13-10/h6-7H,4-5,11H2,1-3H3,(H,12,13,14). The zero-order chi connectivity index (χ0) is 11.3. The third-order valence-corrected chi connectivity index (χ3v) is 2.00. The first-order valence-electron chi connectivity index (χ1n) is 5.15. The molecule has 0 unspecified atom stereocenters. The molecule has 0 radical (unpaired) electrons. The molecule has 0 amide bonds. The fraction of sp³-hybridized carbons (Fsp3) is 0.600. The Morgan fingerprint density at radius 1 is 1.47 bits per heavy atom. The Kier molecular flexibility index (Phi) is 4.30. The Balaban J connectivity index is 3.02. The van der Waals surface area contributed by atoms with Crippen LogP contribution in [0.2, 0.25) is 0 Å². The summed E-state index contributed by atoms with van der Waals surface area (Å²) in [7, 11) is 0. The van der Waals surface area contributed by atoms with Gasteiger partial charge in [-0.1, -0.05) is 20.8 Å². The van der Waals surface area contributed by atoms with E-state index in [4.69, 9.17) is 10.6 Å². The van der Waals surface area contributed by atoms with Crippen LogP contribution in [0.25, 0.3) is 0 Å². The summed E-state index contributed by atoms with van der Waals surface area (Å²) in [5, 5.41) is 0. The van der Waals surface area contributed by atoms with Crippen LogP contribution in [0.5, 0.6) is 5.88 Å². The summed E-state index contributed by atoms with van der Waals surface area (Å²) < 4.78 is 5.54. The van der Waals surface area contributed by atoms with Gasteiger partial charge in [-0.15, -0.1) is 0 Å². The smallest absolute Gasteiger partial charge is 0.222 e. The van der Waals surface area contributed by atoms with Gasteiger partial charge in [0.25, 0.3) is 0 Å². The van der Waals surface area contributed by atoms with Crippen molar-refractivity contribution in [2.24, 2.45) is 5.84 Å². The number of ether oxygens (including phenoxy) is 1. The van der Waals surface area contributed by atoms with Crippen LogP contribution in [0.15, 0.2) is 6.33 Å². The second kappa shape index (κ2) is 5.50. The summed E-state index contributed by atoms with van der Waals surface area (Å²) in [4.78, 5) is 8.18. The van der Waals surface area contributed by atoms with E-state index in [1.165, 1.54) is 6.33 Å². The number of hydrazine groups is 1. The van der Waals surface area contributed by atoms with Crippen molar-refractivity contribution in [3.05, 3.63) is 11.9 Å². The molecule has 1 rings (SSSR count). The molecule has 1 heterocycles. The number of hydrogen-bond donors (Lipinski definition) is 2. The number of nitrogen functional groups attached to an aromatic ring is 1. The highest BCUT2D eigenvalue weighted by molar-refractivity contribution is 5.49. The van der Waals surface area contributed by atoms with Crippen molar-refractivity contribution >= 4 is 5.82 Å². The molecule has 84 valence electrons. The van der Waals surface area contributed by atoms with E-state index in [9.17, 15) is 0 Å². The van der Waals surface area contributed by atoms with Gasteiger partial charge in [0, 0.05) is 0 Å². The van der Waals surface area contributed by atoms with E-state index in [0.29, 0.717) is 18.3 Å². The molecule has 0 spiro atoms. The van der Waals surface area contributed by atoms with E-state index in [2.05, 4.69) is 36.2 Å². The molecule has 0 aliphatic heterocycles. The minimum atomic E-state index is 0.268. The molecular weight excluding hydrogens is 192 g/mol. The largest absolute Gasteiger partial charge is 0.477 e. The first kappa shape index (κ1) is 11.7. The van der Waals surface area contributed by atoms with Crippen molar-refractivity contribution in [3.8, 4) is 5.88 Å². The second-order valence-corrected chi connectivity index (χ2v) is 3.59. The lowest BCUT2D eigenvalue weighted by atomic mass is 10.1. The monoisotopic (exact) mass is 210 g/mol. The summed E-state index contributed by atoms with van der Waals surface area (Å²) in [6, 6.07) is 0. The minimum Gasteiger partial charge on any atom is -0.477 e. The first-order valence-corrected chi connectivity index (χ1v) is 5.15. The molecule has 0 aromatic carbocycles. The van der Waals surface area contributed by atoms with Crippen molar-refractivity contribution in [2.45, 2.75) is 33.1 Å². The van der Waals surface area contributed by atoms with Crippen molar-refractivity contribution in [1.29, 1.82) is 0 Å². The quantitative estimate of drug-likeness (QED) is 0.571. The molecule has 0 saturated heterocycles. The lowest BCUT2D eigenvalue weighted by molar-refractivity contribution is 0.300. The van der Waals surface area contributed by atoms with Crippen LogP contribution < -0.4 is 16.0 Å². The molecule has 15 heavy (non-hydrogen) atoms. The van der Waals surface area contributed by atoms with Gasteiger partial charge in [-0.05, 0) is 12.3 Å². The lowest BCUT2D eigenvalue weighted by Gasteiger charge is -2.15. The van der Waals surface area contributed by atoms with Crippen LogP contribution in [0.3, 0.4) is 0 Å². The number of nitrogens with one attached hydrogen (secondary N) is 1. The van der Waals surface area contributed by atoms with Crippen molar-refractivity contribution in [1.82, 2.24) is 9.97 Å². The van der Waals surface area contributed by atoms with Gasteiger partial charge in [0.1, 0.15) is 6.33 Å². The molecular formula is C10H18N4O. The fourth-order valence-corrected chi connectivity index (χ4v) is 1.33. The zero-order valence-electron chi connectivity index (χ0n) is 9.45. The number of hydrogen-bond acceptors (Lipinski definition) is 5. The summed E-state index contributed by atoms with van der Waals surface area (Å²) >= 11 is 0. The number of aromatic nitrogens is 2. The Labute approximate surface area is 90.0 Å². The summed E-state index contributed by atoms with van der Waals surface area (Å²) in [6.45, 7) is 6.82. The third kappa shape index (κ3) is 2.79. The molecule has 1 aromatic heterocycles. The van der Waals surface area contributed by atoms with Crippen molar-refractivity contribution in [3.63, 3.8) is 0 Å². The number of nitrogens with zero attached hydrogens (tertiary/aromatic N) is 2. The minimum absolute atomic E-state index is 0.268. The van der Waals surface area contributed by atoms with Gasteiger partial charge in [-0.25, -0.2) is 15.8 Å². The molecule has 0 aliphatic rings. The Morgan fingerprint density at radius 3 is 2.73 bits per heavy atom. The van der Waals surface area contributed by atoms with Crippen LogP contribution in [-0.4, -0.2) is 16.6 Å². The maximum absolute atomic E-state index is 5.54. The van der Waals surface area contributed by atoms with Crippen molar-refractivity contribution < 1.29 is 4.74 Å². The maximum atomic E-state index is 5.54. The molecule has 0 atom stereocenters. The molecule has 0 aliphatic carbocycles. The highest BCUT2D eigenvalue weighted by Gasteiger charge is 2.15. The predicted octanol–water partition coefficient (Wildman–Crippen LogP) is 1.67. The molecule has 5 heteroatoms. The van der Waals surface area contributed by atoms with Gasteiger partial charge in [0.2, 0.25) is 5.88 Å². The average molecular weight is 210 g/mol. The van der Waals surface area contributed by atoms with E-state index in [1.807, 2.05) is 0 Å². The number of nitrogens with two attached hydrogens (primary N) is 1. The lowest BCUT2D eigenvalue weighted by Crippen LogP contribution is -2.14. The predicted molar refractivity (Wildman–Crippen MR) is 59.7 cm³/mol. The maximum Gasteiger partial charge on any atom is 0.222 e. The highest BCUT2D eigenvalue weighted by Crippen LogP contribution is 2.29. The third-order valence-electron chi connectivity index (χ3n) is 2.00. The molecule has 3 N–H and O–H groups in total. The first-order chi connectivity index (χ1) is 7.20. The van der Waals surface area contributed by atoms with E-state index < -0.39 is 0 Å². The van der Waals surface area contributed by atoms with E-state index in [-0.39, 0.29) is 5.92 Å². The summed E-state index contributed by atoms with van der Waals surface area (Å²) in [5.74, 6) is 6.91. The van der Waals surface area contributed by atoms with Gasteiger partial charge in [-0.3, -0.25) is 0 Å². The van der Waals surface area contributed by atoms with Crippen LogP contribution in [0.1, 0.15) is 38.7 Å². The second-order valence-electron chi connectivity index (χ2n) is 3.59. The van der Waals surface area contributed by atoms with Crippen LogP contribution >= 0.6 is 0 Å².